The lowest BCUT2D eigenvalue weighted by molar-refractivity contribution is 0.568. The molecule has 2 heteroatoms. The fourth-order valence-corrected chi connectivity index (χ4v) is 4.19. The van der Waals surface area contributed by atoms with Crippen molar-refractivity contribution in [1.29, 1.82) is 0 Å². The van der Waals surface area contributed by atoms with E-state index in [1.807, 2.05) is 0 Å². The molecule has 28 heavy (non-hydrogen) atoms. The van der Waals surface area contributed by atoms with Crippen molar-refractivity contribution >= 4 is 37.7 Å². The van der Waals surface area contributed by atoms with Gasteiger partial charge in [-0.2, -0.15) is 0 Å². The van der Waals surface area contributed by atoms with Crippen LogP contribution < -0.4 is 0 Å². The zero-order valence-electron chi connectivity index (χ0n) is 17.6. The number of fused-ring (bicyclic) bond motifs is 3. The molecule has 4 aromatic rings. The summed E-state index contributed by atoms with van der Waals surface area (Å²) in [6.45, 7) is 13.8. The molecule has 0 aliphatic carbocycles. The summed E-state index contributed by atoms with van der Waals surface area (Å²) in [4.78, 5) is 0. The van der Waals surface area contributed by atoms with Crippen LogP contribution in [0, 0.1) is 0 Å². The van der Waals surface area contributed by atoms with Crippen molar-refractivity contribution < 1.29 is 0 Å². The van der Waals surface area contributed by atoms with Crippen molar-refractivity contribution in [2.45, 2.75) is 52.4 Å². The Kier molecular flexibility index (Phi) is 4.46. The van der Waals surface area contributed by atoms with E-state index >= 15 is 0 Å². The fourth-order valence-electron chi connectivity index (χ4n) is 3.83. The first-order valence-corrected chi connectivity index (χ1v) is 10.7. The number of aromatic nitrogens is 1. The molecular weight excluding hydrogens is 406 g/mol. The number of hydrogen-bond donors (Lipinski definition) is 0. The molecule has 0 saturated carbocycles. The largest absolute Gasteiger partial charge is 0.309 e. The second-order valence-electron chi connectivity index (χ2n) is 9.78. The third kappa shape index (κ3) is 3.28. The van der Waals surface area contributed by atoms with Crippen LogP contribution in [0.2, 0.25) is 0 Å². The molecule has 0 amide bonds. The molecule has 0 atom stereocenters. The van der Waals surface area contributed by atoms with Gasteiger partial charge >= 0.3 is 0 Å². The van der Waals surface area contributed by atoms with Crippen molar-refractivity contribution in [2.75, 3.05) is 0 Å². The third-order valence-electron chi connectivity index (χ3n) is 5.54. The molecule has 0 aliphatic heterocycles. The molecule has 0 unspecified atom stereocenters. The van der Waals surface area contributed by atoms with Crippen LogP contribution in [0.25, 0.3) is 27.5 Å². The standard InChI is InChI=1S/C26H28BrN/c1-25(2,3)17-13-18(26(4,5)6)15-20(14-17)28-23-10-8-7-9-21(23)22-16-19(27)11-12-24(22)28/h7-16H,1-6H3. The van der Waals surface area contributed by atoms with Gasteiger partial charge in [0.1, 0.15) is 0 Å². The minimum atomic E-state index is 0.0950. The Hall–Kier alpha value is -2.06. The maximum atomic E-state index is 3.65. The van der Waals surface area contributed by atoms with Gasteiger partial charge in [-0.1, -0.05) is 81.7 Å². The first-order chi connectivity index (χ1) is 13.1. The van der Waals surface area contributed by atoms with Crippen molar-refractivity contribution in [3.63, 3.8) is 0 Å². The van der Waals surface area contributed by atoms with E-state index in [1.165, 1.54) is 38.6 Å². The summed E-state index contributed by atoms with van der Waals surface area (Å²) >= 11 is 3.65. The van der Waals surface area contributed by atoms with Crippen LogP contribution in [-0.4, -0.2) is 4.57 Å². The van der Waals surface area contributed by atoms with Gasteiger partial charge in [0.05, 0.1) is 11.0 Å². The average molecular weight is 434 g/mol. The molecule has 0 bridgehead atoms. The van der Waals surface area contributed by atoms with E-state index in [4.69, 9.17) is 0 Å². The van der Waals surface area contributed by atoms with E-state index in [1.54, 1.807) is 0 Å². The lowest BCUT2D eigenvalue weighted by Crippen LogP contribution is -2.17. The predicted octanol–water partition coefficient (Wildman–Crippen LogP) is 8.14. The van der Waals surface area contributed by atoms with Crippen LogP contribution in [0.15, 0.2) is 65.1 Å². The van der Waals surface area contributed by atoms with Gasteiger partial charge in [-0.05, 0) is 58.4 Å². The van der Waals surface area contributed by atoms with E-state index in [9.17, 15) is 0 Å². The highest BCUT2D eigenvalue weighted by molar-refractivity contribution is 9.10. The van der Waals surface area contributed by atoms with E-state index < -0.39 is 0 Å². The summed E-state index contributed by atoms with van der Waals surface area (Å²) < 4.78 is 3.53. The summed E-state index contributed by atoms with van der Waals surface area (Å²) in [6.07, 6.45) is 0. The Morgan fingerprint density at radius 1 is 0.643 bits per heavy atom. The summed E-state index contributed by atoms with van der Waals surface area (Å²) in [5.41, 5.74) is 6.67. The van der Waals surface area contributed by atoms with Gasteiger partial charge in [-0.25, -0.2) is 0 Å². The Labute approximate surface area is 176 Å². The lowest BCUT2D eigenvalue weighted by atomic mass is 9.80. The number of rotatable bonds is 1. The quantitative estimate of drug-likeness (QED) is 0.285. The van der Waals surface area contributed by atoms with Gasteiger partial charge in [0.15, 0.2) is 0 Å². The van der Waals surface area contributed by atoms with Gasteiger partial charge in [-0.15, -0.1) is 0 Å². The van der Waals surface area contributed by atoms with Crippen LogP contribution >= 0.6 is 15.9 Å². The highest BCUT2D eigenvalue weighted by Crippen LogP contribution is 2.37. The highest BCUT2D eigenvalue weighted by Gasteiger charge is 2.22. The Morgan fingerprint density at radius 2 is 1.21 bits per heavy atom. The minimum Gasteiger partial charge on any atom is -0.309 e. The summed E-state index contributed by atoms with van der Waals surface area (Å²) in [5.74, 6) is 0. The molecule has 0 saturated heterocycles. The number of halogens is 1. The van der Waals surface area contributed by atoms with Gasteiger partial charge < -0.3 is 4.57 Å². The molecule has 4 rings (SSSR count). The molecule has 1 heterocycles. The Bertz CT molecular complexity index is 1150. The molecule has 0 radical (unpaired) electrons. The number of hydrogen-bond acceptors (Lipinski definition) is 0. The van der Waals surface area contributed by atoms with E-state index in [-0.39, 0.29) is 10.8 Å². The molecule has 1 aromatic heterocycles. The van der Waals surface area contributed by atoms with E-state index in [0.717, 1.165) is 4.47 Å². The van der Waals surface area contributed by atoms with Gasteiger partial charge in [0.25, 0.3) is 0 Å². The molecule has 0 N–H and O–H groups in total. The van der Waals surface area contributed by atoms with Gasteiger partial charge in [0, 0.05) is 20.9 Å². The van der Waals surface area contributed by atoms with Crippen molar-refractivity contribution in [2.24, 2.45) is 0 Å². The predicted molar refractivity (Wildman–Crippen MR) is 126 cm³/mol. The maximum absolute atomic E-state index is 3.65. The first kappa shape index (κ1) is 19.3. The molecular formula is C26H28BrN. The summed E-state index contributed by atoms with van der Waals surface area (Å²) in [5, 5.41) is 2.57. The van der Waals surface area contributed by atoms with Crippen LogP contribution in [-0.2, 0) is 10.8 Å². The number of nitrogens with zero attached hydrogens (tertiary/aromatic N) is 1. The SMILES string of the molecule is CC(C)(C)c1cc(-n2c3ccccc3c3cc(Br)ccc32)cc(C(C)(C)C)c1. The second kappa shape index (κ2) is 6.49. The topological polar surface area (TPSA) is 4.93 Å². The van der Waals surface area contributed by atoms with Gasteiger partial charge in [0.2, 0.25) is 0 Å². The van der Waals surface area contributed by atoms with Crippen LogP contribution in [0.5, 0.6) is 0 Å². The Balaban J connectivity index is 2.13. The van der Waals surface area contributed by atoms with Crippen molar-refractivity contribution in [1.82, 2.24) is 4.57 Å². The van der Waals surface area contributed by atoms with Crippen molar-refractivity contribution in [3.05, 3.63) is 76.3 Å². The second-order valence-corrected chi connectivity index (χ2v) is 10.7. The summed E-state index contributed by atoms with van der Waals surface area (Å²) in [7, 11) is 0. The zero-order chi connectivity index (χ0) is 20.3. The minimum absolute atomic E-state index is 0.0950. The fraction of sp³-hybridized carbons (Fsp3) is 0.308. The molecule has 3 aromatic carbocycles. The van der Waals surface area contributed by atoms with Crippen molar-refractivity contribution in [3.8, 4) is 5.69 Å². The summed E-state index contributed by atoms with van der Waals surface area (Å²) in [6, 6.07) is 22.4. The molecule has 1 nitrogen and oxygen atoms in total. The number of benzene rings is 3. The molecule has 0 fully saturated rings. The molecule has 0 aliphatic rings. The molecule has 144 valence electrons. The van der Waals surface area contributed by atoms with Crippen LogP contribution in [0.3, 0.4) is 0 Å². The molecule has 0 spiro atoms. The average Bonchev–Trinajstić information content (AvgIpc) is 2.93. The lowest BCUT2D eigenvalue weighted by Gasteiger charge is -2.26. The maximum Gasteiger partial charge on any atom is 0.0541 e. The highest BCUT2D eigenvalue weighted by atomic mass is 79.9. The van der Waals surface area contributed by atoms with E-state index in [0.29, 0.717) is 0 Å². The monoisotopic (exact) mass is 433 g/mol. The van der Waals surface area contributed by atoms with Gasteiger partial charge in [-0.3, -0.25) is 0 Å². The first-order valence-electron chi connectivity index (χ1n) is 9.91. The van der Waals surface area contributed by atoms with Crippen LogP contribution in [0.1, 0.15) is 52.7 Å². The third-order valence-corrected chi connectivity index (χ3v) is 6.04. The number of para-hydroxylation sites is 1. The normalized spacial score (nSPS) is 12.8. The smallest absolute Gasteiger partial charge is 0.0541 e. The zero-order valence-corrected chi connectivity index (χ0v) is 19.2. The van der Waals surface area contributed by atoms with Crippen LogP contribution in [0.4, 0.5) is 0 Å². The Morgan fingerprint density at radius 3 is 1.82 bits per heavy atom. The van der Waals surface area contributed by atoms with E-state index in [2.05, 4.69) is 123 Å².